The van der Waals surface area contributed by atoms with Gasteiger partial charge in [-0.1, -0.05) is 24.3 Å². The molecule has 1 saturated heterocycles. The number of carbonyl (C=O) groups excluding carboxylic acids is 1. The molecule has 0 N–H and O–H groups in total. The summed E-state index contributed by atoms with van der Waals surface area (Å²) in [4.78, 5) is 22.0. The molecule has 0 saturated carbocycles. The molecule has 2 heterocycles. The van der Waals surface area contributed by atoms with Crippen molar-refractivity contribution < 1.29 is 4.79 Å². The summed E-state index contributed by atoms with van der Waals surface area (Å²) in [7, 11) is 1.92. The average Bonchev–Trinajstić information content (AvgIpc) is 3.06. The van der Waals surface area contributed by atoms with Crippen molar-refractivity contribution >= 4 is 17.2 Å². The minimum absolute atomic E-state index is 0.113. The first-order chi connectivity index (χ1) is 12.5. The first-order valence-corrected chi connectivity index (χ1v) is 10.3. The Morgan fingerprint density at radius 2 is 2.15 bits per heavy atom. The molecule has 0 unspecified atom stereocenters. The lowest BCUT2D eigenvalue weighted by Crippen LogP contribution is -2.42. The van der Waals surface area contributed by atoms with E-state index < -0.39 is 0 Å². The zero-order chi connectivity index (χ0) is 18.5. The maximum absolute atomic E-state index is 12.6. The molecular weight excluding hydrogens is 342 g/mol. The van der Waals surface area contributed by atoms with Gasteiger partial charge in [0.25, 0.3) is 5.91 Å². The van der Waals surface area contributed by atoms with Gasteiger partial charge in [-0.25, -0.2) is 4.98 Å². The summed E-state index contributed by atoms with van der Waals surface area (Å²) in [6.45, 7) is 8.30. The predicted molar refractivity (Wildman–Crippen MR) is 108 cm³/mol. The smallest absolute Gasteiger partial charge is 0.265 e. The van der Waals surface area contributed by atoms with Crippen LogP contribution in [-0.4, -0.2) is 53.9 Å². The maximum atomic E-state index is 12.6. The molecule has 2 aromatic rings. The Morgan fingerprint density at radius 1 is 1.35 bits per heavy atom. The Balaban J connectivity index is 1.51. The number of benzene rings is 1. The molecule has 1 atom stereocenters. The number of hydrogen-bond acceptors (Lipinski definition) is 4. The minimum atomic E-state index is 0.113. The van der Waals surface area contributed by atoms with Crippen molar-refractivity contribution in [3.63, 3.8) is 0 Å². The molecule has 0 radical (unpaired) electrons. The Bertz CT molecular complexity index is 742. The van der Waals surface area contributed by atoms with Crippen LogP contribution >= 0.6 is 11.3 Å². The summed E-state index contributed by atoms with van der Waals surface area (Å²) in [5.74, 6) is 0.671. The molecule has 26 heavy (non-hydrogen) atoms. The van der Waals surface area contributed by atoms with Gasteiger partial charge in [0, 0.05) is 26.7 Å². The maximum Gasteiger partial charge on any atom is 0.265 e. The summed E-state index contributed by atoms with van der Waals surface area (Å²) in [5, 5.41) is 0. The highest BCUT2D eigenvalue weighted by Crippen LogP contribution is 2.20. The Kier molecular flexibility index (Phi) is 6.43. The van der Waals surface area contributed by atoms with Gasteiger partial charge in [0.15, 0.2) is 0 Å². The molecule has 0 aliphatic carbocycles. The molecule has 1 aliphatic heterocycles. The summed E-state index contributed by atoms with van der Waals surface area (Å²) in [5.41, 5.74) is 5.42. The van der Waals surface area contributed by atoms with E-state index in [0.29, 0.717) is 5.92 Å². The number of hydrogen-bond donors (Lipinski definition) is 0. The molecule has 1 aromatic heterocycles. The van der Waals surface area contributed by atoms with Crippen LogP contribution in [-0.2, 0) is 6.42 Å². The predicted octanol–water partition coefficient (Wildman–Crippen LogP) is 3.79. The molecule has 1 aliphatic rings. The van der Waals surface area contributed by atoms with E-state index in [4.69, 9.17) is 0 Å². The van der Waals surface area contributed by atoms with Crippen LogP contribution in [0.4, 0.5) is 0 Å². The molecule has 5 heteroatoms. The molecule has 4 nitrogen and oxygen atoms in total. The number of nitrogens with zero attached hydrogens (tertiary/aromatic N) is 3. The van der Waals surface area contributed by atoms with E-state index in [0.717, 1.165) is 36.6 Å². The van der Waals surface area contributed by atoms with E-state index in [1.165, 1.54) is 41.9 Å². The van der Waals surface area contributed by atoms with Crippen LogP contribution in [0.3, 0.4) is 0 Å². The normalized spacial score (nSPS) is 18.0. The molecule has 140 valence electrons. The zero-order valence-electron chi connectivity index (χ0n) is 16.1. The Morgan fingerprint density at radius 3 is 2.88 bits per heavy atom. The van der Waals surface area contributed by atoms with Crippen LogP contribution in [0.2, 0.25) is 0 Å². The zero-order valence-corrected chi connectivity index (χ0v) is 16.9. The van der Waals surface area contributed by atoms with E-state index in [1.807, 2.05) is 18.9 Å². The average molecular weight is 372 g/mol. The van der Waals surface area contributed by atoms with Crippen molar-refractivity contribution in [3.8, 4) is 0 Å². The van der Waals surface area contributed by atoms with Crippen molar-refractivity contribution in [1.29, 1.82) is 0 Å². The van der Waals surface area contributed by atoms with E-state index in [9.17, 15) is 4.79 Å². The number of amides is 1. The van der Waals surface area contributed by atoms with Crippen molar-refractivity contribution in [2.45, 2.75) is 33.1 Å². The minimum Gasteiger partial charge on any atom is -0.341 e. The SMILES string of the molecule is Cc1ccccc1CCN1CCC[C@H](CN(C)C(=O)c2scnc2C)C1. The number of aryl methyl sites for hydroxylation is 2. The molecule has 1 amide bonds. The summed E-state index contributed by atoms with van der Waals surface area (Å²) in [6.07, 6.45) is 3.54. The summed E-state index contributed by atoms with van der Waals surface area (Å²) >= 11 is 1.44. The Hall–Kier alpha value is -1.72. The lowest BCUT2D eigenvalue weighted by atomic mass is 9.96. The van der Waals surface area contributed by atoms with Gasteiger partial charge in [0.1, 0.15) is 4.88 Å². The lowest BCUT2D eigenvalue weighted by molar-refractivity contribution is 0.0734. The second kappa shape index (κ2) is 8.78. The number of likely N-dealkylation sites (tertiary alicyclic amines) is 1. The first-order valence-electron chi connectivity index (χ1n) is 9.47. The van der Waals surface area contributed by atoms with Gasteiger partial charge >= 0.3 is 0 Å². The van der Waals surface area contributed by atoms with Crippen LogP contribution in [0.1, 0.15) is 39.3 Å². The molecule has 1 aromatic carbocycles. The third-order valence-electron chi connectivity index (χ3n) is 5.38. The fourth-order valence-electron chi connectivity index (χ4n) is 3.82. The molecule has 0 bridgehead atoms. The van der Waals surface area contributed by atoms with Crippen molar-refractivity contribution in [2.24, 2.45) is 5.92 Å². The van der Waals surface area contributed by atoms with Gasteiger partial charge in [-0.2, -0.15) is 0 Å². The van der Waals surface area contributed by atoms with Gasteiger partial charge in [-0.05, 0) is 56.7 Å². The van der Waals surface area contributed by atoms with Gasteiger partial charge in [-0.15, -0.1) is 11.3 Å². The van der Waals surface area contributed by atoms with E-state index in [2.05, 4.69) is 41.1 Å². The Labute approximate surface area is 160 Å². The van der Waals surface area contributed by atoms with Crippen molar-refractivity contribution in [3.05, 3.63) is 51.5 Å². The van der Waals surface area contributed by atoms with Gasteiger partial charge in [0.05, 0.1) is 11.2 Å². The second-order valence-electron chi connectivity index (χ2n) is 7.44. The first kappa shape index (κ1) is 19.1. The number of carbonyl (C=O) groups is 1. The fourth-order valence-corrected chi connectivity index (χ4v) is 4.62. The standard InChI is InChI=1S/C21H29N3OS/c1-16-7-4-5-9-19(16)10-12-24-11-6-8-18(14-24)13-23(3)21(25)20-17(2)22-15-26-20/h4-5,7,9,15,18H,6,8,10-14H2,1-3H3/t18-/m1/s1. The molecule has 0 spiro atoms. The highest BCUT2D eigenvalue weighted by molar-refractivity contribution is 7.11. The van der Waals surface area contributed by atoms with Crippen LogP contribution in [0, 0.1) is 19.8 Å². The third-order valence-corrected chi connectivity index (χ3v) is 6.30. The number of aromatic nitrogens is 1. The van der Waals surface area contributed by atoms with Crippen molar-refractivity contribution in [1.82, 2.24) is 14.8 Å². The highest BCUT2D eigenvalue weighted by Gasteiger charge is 2.24. The quantitative estimate of drug-likeness (QED) is 0.775. The molecular formula is C21H29N3OS. The summed E-state index contributed by atoms with van der Waals surface area (Å²) in [6, 6.07) is 8.66. The largest absolute Gasteiger partial charge is 0.341 e. The van der Waals surface area contributed by atoms with Crippen LogP contribution < -0.4 is 0 Å². The van der Waals surface area contributed by atoms with E-state index in [1.54, 1.807) is 5.51 Å². The molecule has 3 rings (SSSR count). The number of thiazole rings is 1. The second-order valence-corrected chi connectivity index (χ2v) is 8.29. The van der Waals surface area contributed by atoms with E-state index in [-0.39, 0.29) is 5.91 Å². The van der Waals surface area contributed by atoms with Gasteiger partial charge in [0.2, 0.25) is 0 Å². The fraction of sp³-hybridized carbons (Fsp3) is 0.524. The van der Waals surface area contributed by atoms with Gasteiger partial charge < -0.3 is 9.80 Å². The topological polar surface area (TPSA) is 36.4 Å². The number of rotatable bonds is 6. The third kappa shape index (κ3) is 4.71. The lowest BCUT2D eigenvalue weighted by Gasteiger charge is -2.34. The monoisotopic (exact) mass is 371 g/mol. The van der Waals surface area contributed by atoms with E-state index >= 15 is 0 Å². The molecule has 1 fully saturated rings. The number of piperidine rings is 1. The van der Waals surface area contributed by atoms with Crippen molar-refractivity contribution in [2.75, 3.05) is 33.2 Å². The van der Waals surface area contributed by atoms with Gasteiger partial charge in [-0.3, -0.25) is 4.79 Å². The van der Waals surface area contributed by atoms with Crippen LogP contribution in [0.15, 0.2) is 29.8 Å². The highest BCUT2D eigenvalue weighted by atomic mass is 32.1. The summed E-state index contributed by atoms with van der Waals surface area (Å²) < 4.78 is 0. The van der Waals surface area contributed by atoms with Crippen LogP contribution in [0.5, 0.6) is 0 Å². The van der Waals surface area contributed by atoms with Crippen LogP contribution in [0.25, 0.3) is 0 Å².